The van der Waals surface area contributed by atoms with Gasteiger partial charge in [0.15, 0.2) is 0 Å². The van der Waals surface area contributed by atoms with Crippen molar-refractivity contribution in [3.8, 4) is 0 Å². The zero-order valence-corrected chi connectivity index (χ0v) is 9.58. The highest BCUT2D eigenvalue weighted by molar-refractivity contribution is 5.86. The van der Waals surface area contributed by atoms with Gasteiger partial charge in [0, 0.05) is 23.2 Å². The molecule has 2 aromatic rings. The highest BCUT2D eigenvalue weighted by atomic mass is 19.1. The third kappa shape index (κ3) is 1.91. The number of hydrazine groups is 1. The van der Waals surface area contributed by atoms with E-state index in [0.717, 1.165) is 6.07 Å². The van der Waals surface area contributed by atoms with Gasteiger partial charge in [-0.3, -0.25) is 15.2 Å². The molecule has 4 nitrogen and oxygen atoms in total. The quantitative estimate of drug-likeness (QED) is 0.484. The molecule has 3 N–H and O–H groups in total. The molecular formula is C12H11F2N3O. The Morgan fingerprint density at radius 3 is 2.89 bits per heavy atom. The molecule has 6 heteroatoms. The number of nitrogens with zero attached hydrogens (tertiary/aromatic N) is 1. The largest absolute Gasteiger partial charge is 0.294 e. The van der Waals surface area contributed by atoms with Gasteiger partial charge < -0.3 is 0 Å². The zero-order valence-electron chi connectivity index (χ0n) is 9.58. The van der Waals surface area contributed by atoms with Crippen LogP contribution in [-0.2, 0) is 4.79 Å². The summed E-state index contributed by atoms with van der Waals surface area (Å²) >= 11 is 0. The first-order chi connectivity index (χ1) is 8.56. The van der Waals surface area contributed by atoms with Crippen LogP contribution in [0.2, 0.25) is 0 Å². The van der Waals surface area contributed by atoms with Crippen molar-refractivity contribution < 1.29 is 13.6 Å². The molecular weight excluding hydrogens is 240 g/mol. The van der Waals surface area contributed by atoms with Crippen molar-refractivity contribution >= 4 is 16.8 Å². The third-order valence-electron chi connectivity index (χ3n) is 2.80. The Morgan fingerprint density at radius 2 is 2.22 bits per heavy atom. The fraction of sp³-hybridized carbons (Fsp3) is 0.167. The van der Waals surface area contributed by atoms with Crippen LogP contribution < -0.4 is 11.3 Å². The van der Waals surface area contributed by atoms with E-state index in [1.807, 2.05) is 5.43 Å². The van der Waals surface area contributed by atoms with Gasteiger partial charge in [-0.1, -0.05) is 0 Å². The van der Waals surface area contributed by atoms with E-state index >= 15 is 0 Å². The lowest BCUT2D eigenvalue weighted by atomic mass is 9.97. The summed E-state index contributed by atoms with van der Waals surface area (Å²) in [5.41, 5.74) is 1.78. The van der Waals surface area contributed by atoms with Gasteiger partial charge in [0.05, 0.1) is 11.4 Å². The standard InChI is InChI=1S/C12H11F2N3O/c1-6(12(18)17-15)10-8(13)5-9-7(11(10)14)3-2-4-16-9/h2-6H,15H2,1H3,(H,17,18). The van der Waals surface area contributed by atoms with E-state index in [1.54, 1.807) is 6.07 Å². The molecule has 0 aliphatic carbocycles. The molecule has 2 rings (SSSR count). The molecule has 94 valence electrons. The van der Waals surface area contributed by atoms with Gasteiger partial charge in [-0.25, -0.2) is 14.6 Å². The lowest BCUT2D eigenvalue weighted by molar-refractivity contribution is -0.122. The van der Waals surface area contributed by atoms with E-state index in [-0.39, 0.29) is 16.5 Å². The first kappa shape index (κ1) is 12.4. The van der Waals surface area contributed by atoms with E-state index in [1.165, 1.54) is 19.2 Å². The fourth-order valence-electron chi connectivity index (χ4n) is 1.82. The monoisotopic (exact) mass is 251 g/mol. The van der Waals surface area contributed by atoms with Crippen molar-refractivity contribution in [1.82, 2.24) is 10.4 Å². The Bertz CT molecular complexity index is 616. The van der Waals surface area contributed by atoms with Crippen LogP contribution in [0.1, 0.15) is 18.4 Å². The summed E-state index contributed by atoms with van der Waals surface area (Å²) in [6.07, 6.45) is 1.44. The van der Waals surface area contributed by atoms with Crippen molar-refractivity contribution in [2.45, 2.75) is 12.8 Å². The molecule has 1 heterocycles. The summed E-state index contributed by atoms with van der Waals surface area (Å²) in [5, 5.41) is 0.172. The maximum absolute atomic E-state index is 14.2. The van der Waals surface area contributed by atoms with Crippen LogP contribution in [0.25, 0.3) is 10.9 Å². The predicted molar refractivity (Wildman–Crippen MR) is 62.4 cm³/mol. The van der Waals surface area contributed by atoms with Crippen molar-refractivity contribution in [3.05, 3.63) is 41.6 Å². The molecule has 1 aromatic heterocycles. The number of aromatic nitrogens is 1. The van der Waals surface area contributed by atoms with Gasteiger partial charge in [0.25, 0.3) is 0 Å². The predicted octanol–water partition coefficient (Wildman–Crippen LogP) is 1.61. The van der Waals surface area contributed by atoms with Crippen LogP contribution >= 0.6 is 0 Å². The van der Waals surface area contributed by atoms with Gasteiger partial charge in [-0.15, -0.1) is 0 Å². The Morgan fingerprint density at radius 1 is 1.50 bits per heavy atom. The fourth-order valence-corrected chi connectivity index (χ4v) is 1.82. The normalized spacial score (nSPS) is 12.4. The van der Waals surface area contributed by atoms with E-state index < -0.39 is 23.5 Å². The SMILES string of the molecule is CC(C(=O)NN)c1c(F)cc2ncccc2c1F. The van der Waals surface area contributed by atoms with Gasteiger partial charge >= 0.3 is 0 Å². The van der Waals surface area contributed by atoms with E-state index in [2.05, 4.69) is 4.98 Å². The molecule has 0 fully saturated rings. The Hall–Kier alpha value is -2.08. The second kappa shape index (κ2) is 4.66. The number of pyridine rings is 1. The van der Waals surface area contributed by atoms with E-state index in [9.17, 15) is 13.6 Å². The summed E-state index contributed by atoms with van der Waals surface area (Å²) in [7, 11) is 0. The number of hydrogen-bond donors (Lipinski definition) is 2. The van der Waals surface area contributed by atoms with Crippen LogP contribution in [0.5, 0.6) is 0 Å². The van der Waals surface area contributed by atoms with Gasteiger partial charge in [0.1, 0.15) is 11.6 Å². The molecule has 1 atom stereocenters. The van der Waals surface area contributed by atoms with Gasteiger partial charge in [-0.05, 0) is 19.1 Å². The van der Waals surface area contributed by atoms with Crippen LogP contribution in [0, 0.1) is 11.6 Å². The molecule has 0 saturated carbocycles. The van der Waals surface area contributed by atoms with Crippen LogP contribution in [0.3, 0.4) is 0 Å². The van der Waals surface area contributed by atoms with Crippen LogP contribution in [-0.4, -0.2) is 10.9 Å². The first-order valence-corrected chi connectivity index (χ1v) is 5.29. The molecule has 0 spiro atoms. The smallest absolute Gasteiger partial charge is 0.241 e. The number of halogens is 2. The number of benzene rings is 1. The second-order valence-electron chi connectivity index (χ2n) is 3.89. The Kier molecular flexibility index (Phi) is 3.20. The molecule has 0 aliphatic rings. The Labute approximate surface area is 102 Å². The summed E-state index contributed by atoms with van der Waals surface area (Å²) in [5.74, 6) is 1.70. The van der Waals surface area contributed by atoms with E-state index in [4.69, 9.17) is 5.84 Å². The number of nitrogens with one attached hydrogen (secondary N) is 1. The minimum Gasteiger partial charge on any atom is -0.294 e. The minimum absolute atomic E-state index is 0.172. The first-order valence-electron chi connectivity index (χ1n) is 5.29. The topological polar surface area (TPSA) is 68.0 Å². The van der Waals surface area contributed by atoms with E-state index in [0.29, 0.717) is 0 Å². The molecule has 0 radical (unpaired) electrons. The number of nitrogens with two attached hydrogens (primary N) is 1. The highest BCUT2D eigenvalue weighted by Crippen LogP contribution is 2.28. The summed E-state index contributed by atoms with van der Waals surface area (Å²) in [6.45, 7) is 1.38. The molecule has 1 aromatic carbocycles. The zero-order chi connectivity index (χ0) is 13.3. The minimum atomic E-state index is -1.01. The summed E-state index contributed by atoms with van der Waals surface area (Å²) < 4.78 is 28.0. The van der Waals surface area contributed by atoms with Crippen molar-refractivity contribution in [2.24, 2.45) is 5.84 Å². The maximum Gasteiger partial charge on any atom is 0.241 e. The number of carbonyl (C=O) groups excluding carboxylic acids is 1. The average molecular weight is 251 g/mol. The maximum atomic E-state index is 14.2. The second-order valence-corrected chi connectivity index (χ2v) is 3.89. The van der Waals surface area contributed by atoms with Crippen molar-refractivity contribution in [3.63, 3.8) is 0 Å². The number of hydrogen-bond acceptors (Lipinski definition) is 3. The van der Waals surface area contributed by atoms with Gasteiger partial charge in [0.2, 0.25) is 5.91 Å². The molecule has 18 heavy (non-hydrogen) atoms. The molecule has 0 aliphatic heterocycles. The summed E-state index contributed by atoms with van der Waals surface area (Å²) in [6, 6.07) is 4.13. The lowest BCUT2D eigenvalue weighted by Crippen LogP contribution is -2.34. The molecule has 0 bridgehead atoms. The Balaban J connectivity index is 2.67. The number of carbonyl (C=O) groups is 1. The van der Waals surface area contributed by atoms with Crippen LogP contribution in [0.15, 0.2) is 24.4 Å². The lowest BCUT2D eigenvalue weighted by Gasteiger charge is -2.13. The highest BCUT2D eigenvalue weighted by Gasteiger charge is 2.24. The number of amides is 1. The average Bonchev–Trinajstić information content (AvgIpc) is 2.37. The van der Waals surface area contributed by atoms with Crippen LogP contribution in [0.4, 0.5) is 8.78 Å². The molecule has 1 amide bonds. The van der Waals surface area contributed by atoms with Crippen molar-refractivity contribution in [1.29, 1.82) is 0 Å². The third-order valence-corrected chi connectivity index (χ3v) is 2.80. The van der Waals surface area contributed by atoms with Gasteiger partial charge in [-0.2, -0.15) is 0 Å². The van der Waals surface area contributed by atoms with Crippen molar-refractivity contribution in [2.75, 3.05) is 0 Å². The summed E-state index contributed by atoms with van der Waals surface area (Å²) in [4.78, 5) is 15.2. The molecule has 1 unspecified atom stereocenters. The molecule has 0 saturated heterocycles. The number of rotatable bonds is 2. The number of fused-ring (bicyclic) bond motifs is 1.